The molecule has 0 radical (unpaired) electrons. The largest absolute Gasteiger partial charge is 0.480 e. The van der Waals surface area contributed by atoms with Crippen LogP contribution in [0.5, 0.6) is 0 Å². The summed E-state index contributed by atoms with van der Waals surface area (Å²) in [6.07, 6.45) is 3.86. The lowest BCUT2D eigenvalue weighted by atomic mass is 10.0. The molecule has 0 saturated carbocycles. The standard InChI is InChI=1S/C28H29Cl2N5O7S3/c29-17-2-3-19(30)20(10-17)44-15-21(36)32-24-26(40)35-25(28(41)42)16(14-45-27(24)35)13-43-18-4-8-33(9-5-18)11-22(37)34(7-1-6-31)12-23(38)39/h2-5,8-10,24,27H,1,6-7,11-15,31H2,(H2-,32,36,38,39,41,42)/p+1/t24-,27-/m1/s1. The molecule has 4 rings (SSSR count). The van der Waals surface area contributed by atoms with E-state index < -0.39 is 35.8 Å². The highest BCUT2D eigenvalue weighted by Crippen LogP contribution is 2.41. The van der Waals surface area contributed by atoms with Gasteiger partial charge >= 0.3 is 11.9 Å². The molecule has 3 heterocycles. The number of hydrogen-bond acceptors (Lipinski definition) is 9. The Kier molecular flexibility index (Phi) is 12.5. The molecule has 2 aliphatic rings. The average molecular weight is 716 g/mol. The number of carboxylic acid groups (broad SMARTS) is 2. The number of nitrogens with two attached hydrogens (primary N) is 1. The van der Waals surface area contributed by atoms with Crippen LogP contribution in [0.3, 0.4) is 0 Å². The van der Waals surface area contributed by atoms with E-state index in [1.807, 2.05) is 0 Å². The molecule has 0 spiro atoms. The van der Waals surface area contributed by atoms with Gasteiger partial charge in [0.25, 0.3) is 11.8 Å². The highest BCUT2D eigenvalue weighted by molar-refractivity contribution is 8.01. The van der Waals surface area contributed by atoms with Gasteiger partial charge in [-0.25, -0.2) is 4.79 Å². The van der Waals surface area contributed by atoms with Gasteiger partial charge in [-0.1, -0.05) is 23.2 Å². The fourth-order valence-electron chi connectivity index (χ4n) is 4.55. The van der Waals surface area contributed by atoms with Gasteiger partial charge in [0.15, 0.2) is 12.4 Å². The zero-order valence-corrected chi connectivity index (χ0v) is 27.6. The van der Waals surface area contributed by atoms with Gasteiger partial charge in [0.05, 0.1) is 10.8 Å². The summed E-state index contributed by atoms with van der Waals surface area (Å²) in [6.45, 7) is 0.141. The van der Waals surface area contributed by atoms with Crippen LogP contribution in [0, 0.1) is 0 Å². The van der Waals surface area contributed by atoms with Crippen molar-refractivity contribution in [3.63, 3.8) is 0 Å². The van der Waals surface area contributed by atoms with E-state index in [2.05, 4.69) is 5.32 Å². The highest BCUT2D eigenvalue weighted by Gasteiger charge is 2.54. The smallest absolute Gasteiger partial charge is 0.352 e. The van der Waals surface area contributed by atoms with Crippen molar-refractivity contribution in [3.8, 4) is 0 Å². The number of rotatable bonds is 15. The predicted octanol–water partition coefficient (Wildman–Crippen LogP) is 2.17. The highest BCUT2D eigenvalue weighted by atomic mass is 35.5. The number of β-lactam (4-membered cyclic amide) rings is 1. The van der Waals surface area contributed by atoms with Crippen molar-refractivity contribution in [1.82, 2.24) is 15.1 Å². The van der Waals surface area contributed by atoms with Crippen LogP contribution in [0.4, 0.5) is 0 Å². The number of amides is 3. The van der Waals surface area contributed by atoms with Gasteiger partial charge in [-0.15, -0.1) is 35.3 Å². The van der Waals surface area contributed by atoms with Crippen LogP contribution in [0.15, 0.2) is 63.8 Å². The molecule has 17 heteroatoms. The number of carbonyl (C=O) groups excluding carboxylic acids is 3. The second kappa shape index (κ2) is 16.1. The Hall–Kier alpha value is -2.95. The number of carboxylic acids is 2. The predicted molar refractivity (Wildman–Crippen MR) is 172 cm³/mol. The molecule has 1 aromatic carbocycles. The molecule has 45 heavy (non-hydrogen) atoms. The van der Waals surface area contributed by atoms with Gasteiger partial charge in [-0.3, -0.25) is 24.1 Å². The maximum atomic E-state index is 13.0. The van der Waals surface area contributed by atoms with Crippen molar-refractivity contribution in [2.45, 2.75) is 34.2 Å². The van der Waals surface area contributed by atoms with Crippen molar-refractivity contribution in [3.05, 3.63) is 64.0 Å². The number of halogens is 2. The molecule has 3 amide bonds. The minimum absolute atomic E-state index is 0.00482. The van der Waals surface area contributed by atoms with Crippen molar-refractivity contribution >= 4 is 88.1 Å². The first kappa shape index (κ1) is 34.9. The third kappa shape index (κ3) is 9.08. The Bertz CT molecular complexity index is 1510. The van der Waals surface area contributed by atoms with Gasteiger partial charge in [0.2, 0.25) is 12.5 Å². The summed E-state index contributed by atoms with van der Waals surface area (Å²) in [4.78, 5) is 65.5. The van der Waals surface area contributed by atoms with Crippen LogP contribution in [0.1, 0.15) is 6.42 Å². The maximum Gasteiger partial charge on any atom is 0.352 e. The lowest BCUT2D eigenvalue weighted by Crippen LogP contribution is -2.70. The van der Waals surface area contributed by atoms with E-state index in [4.69, 9.17) is 34.0 Å². The molecule has 1 aromatic heterocycles. The first-order chi connectivity index (χ1) is 21.5. The van der Waals surface area contributed by atoms with Gasteiger partial charge in [0.1, 0.15) is 23.7 Å². The summed E-state index contributed by atoms with van der Waals surface area (Å²) in [5, 5.41) is 22.2. The van der Waals surface area contributed by atoms with Crippen molar-refractivity contribution in [2.24, 2.45) is 5.73 Å². The van der Waals surface area contributed by atoms with Crippen molar-refractivity contribution in [2.75, 3.05) is 36.9 Å². The SMILES string of the molecule is NCCCN(CC(=O)O)C(=O)C[n+]1ccc(SCC2=C(C(=O)O)N3C(=O)[C@@H](NC(=O)CSc4cc(Cl)ccc4Cl)[C@H]3SC2)cc1. The molecule has 240 valence electrons. The maximum absolute atomic E-state index is 13.0. The molecular formula is C28H30Cl2N5O7S3+. The van der Waals surface area contributed by atoms with Crippen molar-refractivity contribution in [1.29, 1.82) is 0 Å². The fraction of sp³-hybridized carbons (Fsp3) is 0.357. The van der Waals surface area contributed by atoms with E-state index in [9.17, 15) is 29.1 Å². The number of hydrogen-bond donors (Lipinski definition) is 4. The molecule has 12 nitrogen and oxygen atoms in total. The Balaban J connectivity index is 1.33. The monoisotopic (exact) mass is 714 g/mol. The summed E-state index contributed by atoms with van der Waals surface area (Å²) in [5.74, 6) is -2.85. The third-order valence-corrected chi connectivity index (χ3v) is 10.9. The Morgan fingerprint density at radius 3 is 2.53 bits per heavy atom. The van der Waals surface area contributed by atoms with Gasteiger partial charge in [0, 0.05) is 45.0 Å². The quantitative estimate of drug-likeness (QED) is 0.121. The Labute approximate surface area is 281 Å². The van der Waals surface area contributed by atoms with E-state index in [1.54, 1.807) is 47.3 Å². The van der Waals surface area contributed by atoms with E-state index in [1.165, 1.54) is 45.1 Å². The topological polar surface area (TPSA) is 174 Å². The minimum atomic E-state index is -1.22. The number of thioether (sulfide) groups is 3. The van der Waals surface area contributed by atoms with Gasteiger partial charge < -0.3 is 26.2 Å². The second-order valence-corrected chi connectivity index (χ2v) is 13.9. The minimum Gasteiger partial charge on any atom is -0.480 e. The van der Waals surface area contributed by atoms with E-state index in [0.29, 0.717) is 45.0 Å². The van der Waals surface area contributed by atoms with Crippen LogP contribution in [0.2, 0.25) is 10.0 Å². The summed E-state index contributed by atoms with van der Waals surface area (Å²) in [6, 6.07) is 7.63. The number of nitrogens with zero attached hydrogens (tertiary/aromatic N) is 3. The zero-order chi connectivity index (χ0) is 32.7. The van der Waals surface area contributed by atoms with Crippen LogP contribution >= 0.6 is 58.5 Å². The molecule has 1 fully saturated rings. The number of fused-ring (bicyclic) bond motifs is 1. The molecule has 0 bridgehead atoms. The summed E-state index contributed by atoms with van der Waals surface area (Å²) < 4.78 is 1.63. The fourth-order valence-corrected chi connectivity index (χ4v) is 8.22. The summed E-state index contributed by atoms with van der Waals surface area (Å²) >= 11 is 16.1. The average Bonchev–Trinajstić information content (AvgIpc) is 3.01. The Morgan fingerprint density at radius 2 is 1.87 bits per heavy atom. The van der Waals surface area contributed by atoms with Crippen LogP contribution < -0.4 is 15.6 Å². The van der Waals surface area contributed by atoms with E-state index >= 15 is 0 Å². The molecule has 2 aliphatic heterocycles. The molecule has 1 saturated heterocycles. The van der Waals surface area contributed by atoms with Gasteiger partial charge in [-0.2, -0.15) is 4.57 Å². The number of nitrogens with one attached hydrogen (secondary N) is 1. The molecule has 2 aromatic rings. The number of aromatic nitrogens is 1. The lowest BCUT2D eigenvalue weighted by molar-refractivity contribution is -0.685. The second-order valence-electron chi connectivity index (χ2n) is 9.92. The molecule has 0 aliphatic carbocycles. The van der Waals surface area contributed by atoms with Gasteiger partial charge in [-0.05, 0) is 36.7 Å². The van der Waals surface area contributed by atoms with Crippen molar-refractivity contribution < 1.29 is 38.8 Å². The number of carbonyl (C=O) groups is 5. The van der Waals surface area contributed by atoms with Crippen LogP contribution in [-0.2, 0) is 30.5 Å². The zero-order valence-electron chi connectivity index (χ0n) is 23.7. The van der Waals surface area contributed by atoms with E-state index in [-0.39, 0.29) is 36.4 Å². The van der Waals surface area contributed by atoms with Crippen LogP contribution in [-0.4, -0.2) is 98.0 Å². The van der Waals surface area contributed by atoms with Crippen LogP contribution in [0.25, 0.3) is 0 Å². The number of aliphatic carboxylic acids is 2. The van der Waals surface area contributed by atoms with E-state index in [0.717, 1.165) is 4.90 Å². The summed E-state index contributed by atoms with van der Waals surface area (Å²) in [5.41, 5.74) is 6.00. The number of benzene rings is 1. The summed E-state index contributed by atoms with van der Waals surface area (Å²) in [7, 11) is 0. The first-order valence-electron chi connectivity index (χ1n) is 13.6. The first-order valence-corrected chi connectivity index (χ1v) is 17.3. The molecule has 0 unspecified atom stereocenters. The molecule has 5 N–H and O–H groups in total. The lowest BCUT2D eigenvalue weighted by Gasteiger charge is -2.49. The number of pyridine rings is 1. The normalized spacial score (nSPS) is 17.4. The molecular weight excluding hydrogens is 685 g/mol. The Morgan fingerprint density at radius 1 is 1.13 bits per heavy atom. The third-order valence-electron chi connectivity index (χ3n) is 6.72. The molecule has 2 atom stereocenters.